The summed E-state index contributed by atoms with van der Waals surface area (Å²) in [5.41, 5.74) is 0. The second kappa shape index (κ2) is 7.67. The number of hydrogen-bond acceptors (Lipinski definition) is 6. The highest BCUT2D eigenvalue weighted by molar-refractivity contribution is 5.92. The van der Waals surface area contributed by atoms with E-state index in [1.807, 2.05) is 0 Å². The molecule has 0 unspecified atom stereocenters. The molecule has 0 fully saturated rings. The van der Waals surface area contributed by atoms with Gasteiger partial charge >= 0.3 is 17.9 Å². The molecule has 0 heterocycles. The first-order valence-corrected chi connectivity index (χ1v) is 5.03. The van der Waals surface area contributed by atoms with Crippen LogP contribution in [0.3, 0.4) is 0 Å². The topological polar surface area (TPSA) is 78.9 Å². The molecule has 6 nitrogen and oxygen atoms in total. The molecule has 0 spiro atoms. The van der Waals surface area contributed by atoms with Crippen molar-refractivity contribution in [2.75, 3.05) is 13.2 Å². The fourth-order valence-electron chi connectivity index (χ4n) is 0.876. The van der Waals surface area contributed by atoms with Crippen molar-refractivity contribution in [1.82, 2.24) is 0 Å². The Bertz CT molecular complexity index is 260. The molecule has 0 aliphatic carbocycles. The molecular weight excluding hydrogens is 216 g/mol. The van der Waals surface area contributed by atoms with Gasteiger partial charge in [0.2, 0.25) is 0 Å². The van der Waals surface area contributed by atoms with Crippen molar-refractivity contribution in [1.29, 1.82) is 0 Å². The molecular formula is C10H16O6. The Kier molecular flexibility index (Phi) is 6.91. The third-order valence-corrected chi connectivity index (χ3v) is 1.52. The fourth-order valence-corrected chi connectivity index (χ4v) is 0.876. The maximum atomic E-state index is 11.1. The van der Waals surface area contributed by atoms with E-state index in [-0.39, 0.29) is 13.2 Å². The van der Waals surface area contributed by atoms with E-state index in [0.717, 1.165) is 0 Å². The number of carbonyl (C=O) groups is 3. The molecule has 16 heavy (non-hydrogen) atoms. The molecule has 0 saturated carbocycles. The lowest BCUT2D eigenvalue weighted by Gasteiger charge is -2.11. The van der Waals surface area contributed by atoms with Gasteiger partial charge in [-0.2, -0.15) is 0 Å². The summed E-state index contributed by atoms with van der Waals surface area (Å²) in [7, 11) is 0. The summed E-state index contributed by atoms with van der Waals surface area (Å²) in [5.74, 6) is -2.12. The number of carbonyl (C=O) groups excluding carboxylic acids is 3. The monoisotopic (exact) mass is 232 g/mol. The van der Waals surface area contributed by atoms with E-state index in [2.05, 4.69) is 14.2 Å². The van der Waals surface area contributed by atoms with Crippen LogP contribution < -0.4 is 0 Å². The van der Waals surface area contributed by atoms with E-state index >= 15 is 0 Å². The zero-order chi connectivity index (χ0) is 12.6. The highest BCUT2D eigenvalue weighted by Gasteiger charge is 2.20. The van der Waals surface area contributed by atoms with Crippen molar-refractivity contribution in [3.63, 3.8) is 0 Å². The minimum atomic E-state index is -1.01. The van der Waals surface area contributed by atoms with E-state index in [0.29, 0.717) is 0 Å². The van der Waals surface area contributed by atoms with E-state index in [4.69, 9.17) is 0 Å². The summed E-state index contributed by atoms with van der Waals surface area (Å²) in [6.07, 6.45) is -1.51. The summed E-state index contributed by atoms with van der Waals surface area (Å²) < 4.78 is 13.8. The van der Waals surface area contributed by atoms with E-state index in [9.17, 15) is 14.4 Å². The van der Waals surface area contributed by atoms with Crippen LogP contribution in [0.15, 0.2) is 0 Å². The second-order valence-corrected chi connectivity index (χ2v) is 2.87. The van der Waals surface area contributed by atoms with Gasteiger partial charge in [-0.25, -0.2) is 4.79 Å². The standard InChI is InChI=1S/C10H16O6/c1-4-14-8(11)6-9(12)16-7(3)10(13)15-5-2/h7H,4-6H2,1-3H3/t7-/m1/s1. The minimum absolute atomic E-state index is 0.194. The van der Waals surface area contributed by atoms with Crippen molar-refractivity contribution in [2.45, 2.75) is 33.3 Å². The van der Waals surface area contributed by atoms with Gasteiger partial charge in [-0.3, -0.25) is 9.59 Å². The lowest BCUT2D eigenvalue weighted by Crippen LogP contribution is -2.27. The van der Waals surface area contributed by atoms with Crippen LogP contribution in [0.2, 0.25) is 0 Å². The molecule has 0 aromatic carbocycles. The number of rotatable bonds is 6. The smallest absolute Gasteiger partial charge is 0.347 e. The average Bonchev–Trinajstić information content (AvgIpc) is 2.17. The summed E-state index contributed by atoms with van der Waals surface area (Å²) in [5, 5.41) is 0. The summed E-state index contributed by atoms with van der Waals surface area (Å²) in [4.78, 5) is 33.1. The van der Waals surface area contributed by atoms with Crippen molar-refractivity contribution >= 4 is 17.9 Å². The van der Waals surface area contributed by atoms with Gasteiger partial charge in [-0.1, -0.05) is 0 Å². The van der Waals surface area contributed by atoms with Gasteiger partial charge < -0.3 is 14.2 Å². The first kappa shape index (κ1) is 14.4. The molecule has 0 aromatic rings. The first-order chi connectivity index (χ1) is 7.51. The lowest BCUT2D eigenvalue weighted by atomic mass is 10.4. The maximum absolute atomic E-state index is 11.1. The van der Waals surface area contributed by atoms with Crippen LogP contribution in [0.5, 0.6) is 0 Å². The summed E-state index contributed by atoms with van der Waals surface area (Å²) in [6, 6.07) is 0. The average molecular weight is 232 g/mol. The normalized spacial score (nSPS) is 11.4. The van der Waals surface area contributed by atoms with Crippen LogP contribution in [0, 0.1) is 0 Å². The van der Waals surface area contributed by atoms with Crippen LogP contribution in [-0.2, 0) is 28.6 Å². The van der Waals surface area contributed by atoms with E-state index in [1.165, 1.54) is 6.92 Å². The van der Waals surface area contributed by atoms with Crippen LogP contribution in [0.4, 0.5) is 0 Å². The molecule has 1 atom stereocenters. The molecule has 92 valence electrons. The molecule has 0 saturated heterocycles. The molecule has 0 aliphatic rings. The highest BCUT2D eigenvalue weighted by Crippen LogP contribution is 1.99. The Labute approximate surface area is 93.8 Å². The third-order valence-electron chi connectivity index (χ3n) is 1.52. The van der Waals surface area contributed by atoms with Crippen LogP contribution in [-0.4, -0.2) is 37.2 Å². The van der Waals surface area contributed by atoms with Gasteiger partial charge in [0, 0.05) is 0 Å². The van der Waals surface area contributed by atoms with Crippen LogP contribution >= 0.6 is 0 Å². The Morgan fingerprint density at radius 1 is 1.00 bits per heavy atom. The molecule has 0 aromatic heterocycles. The van der Waals surface area contributed by atoms with E-state index < -0.39 is 30.4 Å². The van der Waals surface area contributed by atoms with Crippen molar-refractivity contribution in [2.24, 2.45) is 0 Å². The van der Waals surface area contributed by atoms with Gasteiger partial charge in [-0.05, 0) is 20.8 Å². The largest absolute Gasteiger partial charge is 0.466 e. The predicted molar refractivity (Wildman–Crippen MR) is 53.4 cm³/mol. The second-order valence-electron chi connectivity index (χ2n) is 2.87. The Hall–Kier alpha value is -1.59. The first-order valence-electron chi connectivity index (χ1n) is 5.03. The SMILES string of the molecule is CCOC(=O)CC(=O)O[C@H](C)C(=O)OCC. The lowest BCUT2D eigenvalue weighted by molar-refractivity contribution is -0.169. The fraction of sp³-hybridized carbons (Fsp3) is 0.700. The molecule has 0 amide bonds. The summed E-state index contributed by atoms with van der Waals surface area (Å²) >= 11 is 0. The number of ether oxygens (including phenoxy) is 3. The minimum Gasteiger partial charge on any atom is -0.466 e. The van der Waals surface area contributed by atoms with Gasteiger partial charge in [0.1, 0.15) is 6.42 Å². The molecule has 0 radical (unpaired) electrons. The zero-order valence-electron chi connectivity index (χ0n) is 9.65. The quantitative estimate of drug-likeness (QED) is 0.375. The highest BCUT2D eigenvalue weighted by atomic mass is 16.6. The van der Waals surface area contributed by atoms with Gasteiger partial charge in [0.05, 0.1) is 13.2 Å². The molecule has 0 bridgehead atoms. The van der Waals surface area contributed by atoms with Crippen LogP contribution in [0.1, 0.15) is 27.2 Å². The Balaban J connectivity index is 3.95. The van der Waals surface area contributed by atoms with Crippen molar-refractivity contribution < 1.29 is 28.6 Å². The van der Waals surface area contributed by atoms with Gasteiger partial charge in [0.15, 0.2) is 6.10 Å². The molecule has 0 rings (SSSR count). The van der Waals surface area contributed by atoms with Crippen molar-refractivity contribution in [3.8, 4) is 0 Å². The van der Waals surface area contributed by atoms with Crippen molar-refractivity contribution in [3.05, 3.63) is 0 Å². The number of hydrogen-bond donors (Lipinski definition) is 0. The van der Waals surface area contributed by atoms with E-state index in [1.54, 1.807) is 13.8 Å². The number of esters is 3. The van der Waals surface area contributed by atoms with Gasteiger partial charge in [-0.15, -0.1) is 0 Å². The summed E-state index contributed by atoms with van der Waals surface area (Å²) in [6.45, 7) is 5.05. The predicted octanol–water partition coefficient (Wildman–Crippen LogP) is 0.434. The Morgan fingerprint density at radius 3 is 2.06 bits per heavy atom. The molecule has 0 aliphatic heterocycles. The maximum Gasteiger partial charge on any atom is 0.347 e. The zero-order valence-corrected chi connectivity index (χ0v) is 9.65. The Morgan fingerprint density at radius 2 is 1.56 bits per heavy atom. The third kappa shape index (κ3) is 6.00. The molecule has 0 N–H and O–H groups in total. The van der Waals surface area contributed by atoms with Crippen LogP contribution in [0.25, 0.3) is 0 Å². The molecule has 6 heteroatoms. The van der Waals surface area contributed by atoms with Gasteiger partial charge in [0.25, 0.3) is 0 Å².